The molecule has 2 heterocycles. The summed E-state index contributed by atoms with van der Waals surface area (Å²) in [5.41, 5.74) is 6.97. The summed E-state index contributed by atoms with van der Waals surface area (Å²) < 4.78 is 10.2. The van der Waals surface area contributed by atoms with E-state index < -0.39 is 11.6 Å². The van der Waals surface area contributed by atoms with Crippen molar-refractivity contribution in [1.82, 2.24) is 15.0 Å². The average molecular weight is 394 g/mol. The molecule has 0 spiro atoms. The van der Waals surface area contributed by atoms with Gasteiger partial charge in [-0.05, 0) is 31.4 Å². The van der Waals surface area contributed by atoms with Gasteiger partial charge < -0.3 is 15.2 Å². The lowest BCUT2D eigenvalue weighted by Crippen LogP contribution is -2.43. The van der Waals surface area contributed by atoms with Crippen LogP contribution >= 0.6 is 11.6 Å². The molecular formula is C18H24ClN5O3. The normalized spacial score (nSPS) is 13.1. The number of nitrogens with one attached hydrogen (secondary N) is 1. The first-order valence-corrected chi connectivity index (χ1v) is 8.83. The molecule has 146 valence electrons. The monoisotopic (exact) mass is 393 g/mol. The van der Waals surface area contributed by atoms with Crippen molar-refractivity contribution in [3.63, 3.8) is 0 Å². The highest BCUT2D eigenvalue weighted by molar-refractivity contribution is 6.32. The number of carbonyl (C=O) groups is 1. The predicted octanol–water partition coefficient (Wildman–Crippen LogP) is 3.51. The molecule has 1 atom stereocenters. The van der Waals surface area contributed by atoms with Crippen molar-refractivity contribution in [1.29, 1.82) is 0 Å². The molecule has 2 aromatic rings. The Bertz CT molecular complexity index is 798. The minimum atomic E-state index is -0.654. The number of hydrogen-bond donors (Lipinski definition) is 2. The first kappa shape index (κ1) is 20.9. The van der Waals surface area contributed by atoms with Gasteiger partial charge in [0.2, 0.25) is 11.8 Å². The van der Waals surface area contributed by atoms with Gasteiger partial charge in [-0.25, -0.2) is 19.7 Å². The molecule has 9 heteroatoms. The Morgan fingerprint density at radius 3 is 2.78 bits per heavy atom. The van der Waals surface area contributed by atoms with Crippen LogP contribution in [0.15, 0.2) is 24.5 Å². The Hall–Kier alpha value is -2.45. The van der Waals surface area contributed by atoms with E-state index in [4.69, 9.17) is 22.1 Å². The summed E-state index contributed by atoms with van der Waals surface area (Å²) in [4.78, 5) is 23.7. The number of amides is 1. The molecule has 27 heavy (non-hydrogen) atoms. The summed E-state index contributed by atoms with van der Waals surface area (Å²) >= 11 is 6.30. The van der Waals surface area contributed by atoms with Gasteiger partial charge >= 0.3 is 6.09 Å². The zero-order chi connectivity index (χ0) is 20.0. The van der Waals surface area contributed by atoms with Crippen LogP contribution in [-0.2, 0) is 4.74 Å². The lowest BCUT2D eigenvalue weighted by Gasteiger charge is -2.26. The second-order valence-electron chi connectivity index (χ2n) is 6.93. The van der Waals surface area contributed by atoms with Gasteiger partial charge in [-0.2, -0.15) is 0 Å². The maximum absolute atomic E-state index is 11.3. The van der Waals surface area contributed by atoms with Crippen LogP contribution in [0.5, 0.6) is 5.88 Å². The number of halogens is 1. The number of pyridine rings is 1. The molecule has 1 amide bonds. The van der Waals surface area contributed by atoms with Gasteiger partial charge in [-0.3, -0.25) is 5.32 Å². The summed E-state index contributed by atoms with van der Waals surface area (Å²) in [7, 11) is 1.26. The molecule has 0 aliphatic rings. The molecule has 0 aliphatic heterocycles. The smallest absolute Gasteiger partial charge is 0.413 e. The highest BCUT2D eigenvalue weighted by Gasteiger charge is 2.22. The molecule has 0 bridgehead atoms. The summed E-state index contributed by atoms with van der Waals surface area (Å²) in [6.45, 7) is 6.45. The van der Waals surface area contributed by atoms with E-state index in [0.29, 0.717) is 34.7 Å². The first-order valence-electron chi connectivity index (χ1n) is 8.46. The van der Waals surface area contributed by atoms with Gasteiger partial charge in [0.1, 0.15) is 11.6 Å². The standard InChI is InChI=1S/C18H24ClN5O3/c1-11(2)8-18(3,20)10-27-15-13(19)7-12(9-22-15)14-5-6-21-16(23-14)24-17(25)26-4/h5-7,9,11H,8,10,20H2,1-4H3,(H,21,23,24,25)/t18-/m1/s1. The molecule has 0 fully saturated rings. The Kier molecular flexibility index (Phi) is 6.92. The van der Waals surface area contributed by atoms with Gasteiger partial charge in [0.05, 0.1) is 12.8 Å². The van der Waals surface area contributed by atoms with Crippen molar-refractivity contribution < 1.29 is 14.3 Å². The minimum Gasteiger partial charge on any atom is -0.475 e. The molecule has 0 aromatic carbocycles. The zero-order valence-electron chi connectivity index (χ0n) is 15.8. The number of methoxy groups -OCH3 is 1. The largest absolute Gasteiger partial charge is 0.475 e. The summed E-state index contributed by atoms with van der Waals surface area (Å²) in [5.74, 6) is 0.881. The van der Waals surface area contributed by atoms with Crippen molar-refractivity contribution in [2.75, 3.05) is 19.0 Å². The summed E-state index contributed by atoms with van der Waals surface area (Å²) in [6.07, 6.45) is 3.26. The van der Waals surface area contributed by atoms with Crippen LogP contribution in [0.1, 0.15) is 27.2 Å². The summed E-state index contributed by atoms with van der Waals surface area (Å²) in [5, 5.41) is 2.75. The van der Waals surface area contributed by atoms with Gasteiger partial charge in [-0.1, -0.05) is 25.4 Å². The molecule has 3 N–H and O–H groups in total. The minimum absolute atomic E-state index is 0.114. The first-order chi connectivity index (χ1) is 12.7. The predicted molar refractivity (Wildman–Crippen MR) is 104 cm³/mol. The summed E-state index contributed by atoms with van der Waals surface area (Å²) in [6, 6.07) is 3.36. The Morgan fingerprint density at radius 2 is 2.15 bits per heavy atom. The van der Waals surface area contributed by atoms with E-state index >= 15 is 0 Å². The van der Waals surface area contributed by atoms with Crippen LogP contribution in [0, 0.1) is 5.92 Å². The number of nitrogens with zero attached hydrogens (tertiary/aromatic N) is 3. The number of ether oxygens (including phenoxy) is 2. The van der Waals surface area contributed by atoms with Crippen molar-refractivity contribution in [3.05, 3.63) is 29.5 Å². The molecule has 0 radical (unpaired) electrons. The van der Waals surface area contributed by atoms with E-state index in [1.807, 2.05) is 6.92 Å². The van der Waals surface area contributed by atoms with Crippen LogP contribution in [-0.4, -0.2) is 40.3 Å². The number of hydrogen-bond acceptors (Lipinski definition) is 7. The molecule has 0 unspecified atom stereocenters. The van der Waals surface area contributed by atoms with Gasteiger partial charge in [0, 0.05) is 23.5 Å². The zero-order valence-corrected chi connectivity index (χ0v) is 16.6. The van der Waals surface area contributed by atoms with E-state index in [1.54, 1.807) is 18.3 Å². The van der Waals surface area contributed by atoms with Crippen LogP contribution in [0.3, 0.4) is 0 Å². The maximum atomic E-state index is 11.3. The highest BCUT2D eigenvalue weighted by Crippen LogP contribution is 2.28. The lowest BCUT2D eigenvalue weighted by atomic mass is 9.93. The van der Waals surface area contributed by atoms with E-state index in [-0.39, 0.29) is 5.95 Å². The molecule has 8 nitrogen and oxygen atoms in total. The molecule has 0 aliphatic carbocycles. The van der Waals surface area contributed by atoms with E-state index in [1.165, 1.54) is 13.3 Å². The van der Waals surface area contributed by atoms with E-state index in [0.717, 1.165) is 6.42 Å². The molecule has 2 rings (SSSR count). The fourth-order valence-electron chi connectivity index (χ4n) is 2.62. The van der Waals surface area contributed by atoms with Crippen molar-refractivity contribution in [2.45, 2.75) is 32.7 Å². The second kappa shape index (κ2) is 8.96. The number of nitrogens with two attached hydrogens (primary N) is 1. The van der Waals surface area contributed by atoms with Crippen LogP contribution in [0.4, 0.5) is 10.7 Å². The quantitative estimate of drug-likeness (QED) is 0.739. The third-order valence-electron chi connectivity index (χ3n) is 3.57. The van der Waals surface area contributed by atoms with Crippen LogP contribution in [0.25, 0.3) is 11.3 Å². The molecular weight excluding hydrogens is 370 g/mol. The Balaban J connectivity index is 2.12. The Labute approximate surface area is 163 Å². The Morgan fingerprint density at radius 1 is 1.41 bits per heavy atom. The molecule has 0 saturated carbocycles. The van der Waals surface area contributed by atoms with E-state index in [2.05, 4.69) is 38.9 Å². The molecule has 2 aromatic heterocycles. The topological polar surface area (TPSA) is 112 Å². The lowest BCUT2D eigenvalue weighted by molar-refractivity contribution is 0.186. The van der Waals surface area contributed by atoms with Crippen molar-refractivity contribution >= 4 is 23.6 Å². The number of anilines is 1. The highest BCUT2D eigenvalue weighted by atomic mass is 35.5. The number of rotatable bonds is 7. The van der Waals surface area contributed by atoms with Crippen LogP contribution < -0.4 is 15.8 Å². The number of carbonyl (C=O) groups excluding carboxylic acids is 1. The average Bonchev–Trinajstić information content (AvgIpc) is 2.59. The van der Waals surface area contributed by atoms with Gasteiger partial charge in [-0.15, -0.1) is 0 Å². The second-order valence-corrected chi connectivity index (χ2v) is 7.34. The van der Waals surface area contributed by atoms with Crippen molar-refractivity contribution in [2.24, 2.45) is 11.7 Å². The molecule has 0 saturated heterocycles. The fraction of sp³-hybridized carbons (Fsp3) is 0.444. The fourth-order valence-corrected chi connectivity index (χ4v) is 2.84. The van der Waals surface area contributed by atoms with Gasteiger partial charge in [0.15, 0.2) is 0 Å². The third kappa shape index (κ3) is 6.33. The SMILES string of the molecule is COC(=O)Nc1nccc(-c2cnc(OC[C@](C)(N)CC(C)C)c(Cl)c2)n1. The van der Waals surface area contributed by atoms with Crippen LogP contribution in [0.2, 0.25) is 5.02 Å². The number of aromatic nitrogens is 3. The maximum Gasteiger partial charge on any atom is 0.413 e. The third-order valence-corrected chi connectivity index (χ3v) is 3.84. The van der Waals surface area contributed by atoms with E-state index in [9.17, 15) is 4.79 Å². The van der Waals surface area contributed by atoms with Crippen molar-refractivity contribution in [3.8, 4) is 17.1 Å². The van der Waals surface area contributed by atoms with Gasteiger partial charge in [0.25, 0.3) is 0 Å².